The normalized spacial score (nSPS) is 14.6. The summed E-state index contributed by atoms with van der Waals surface area (Å²) in [5.41, 5.74) is 4.90. The molecule has 0 saturated heterocycles. The fourth-order valence-corrected chi connectivity index (χ4v) is 1.97. The molecule has 0 aromatic rings. The van der Waals surface area contributed by atoms with Gasteiger partial charge >= 0.3 is 6.09 Å². The fourth-order valence-electron chi connectivity index (χ4n) is 0.840. The molecule has 0 aromatic heterocycles. The number of amides is 1. The monoisotopic (exact) mass is 247 g/mol. The largest absolute Gasteiger partial charge is 0.449 e. The average Bonchev–Trinajstić information content (AvgIpc) is 2.09. The lowest BCUT2D eigenvalue weighted by Gasteiger charge is -2.36. The number of carbonyl (C=O) groups excluding carboxylic acids is 1. The number of primary amides is 1. The molecule has 0 aromatic carbocycles. The van der Waals surface area contributed by atoms with Gasteiger partial charge in [-0.2, -0.15) is 0 Å². The van der Waals surface area contributed by atoms with Crippen LogP contribution in [0.25, 0.3) is 0 Å². The van der Waals surface area contributed by atoms with Crippen molar-refractivity contribution in [3.63, 3.8) is 0 Å². The van der Waals surface area contributed by atoms with Crippen LogP contribution in [0.4, 0.5) is 4.79 Å². The predicted octanol–water partition coefficient (Wildman–Crippen LogP) is 2.74. The van der Waals surface area contributed by atoms with Crippen molar-refractivity contribution in [1.29, 1.82) is 0 Å². The van der Waals surface area contributed by atoms with Gasteiger partial charge in [-0.25, -0.2) is 4.79 Å². The highest BCUT2D eigenvalue weighted by atomic mass is 28.4. The molecular formula is C11H25NO3Si. The van der Waals surface area contributed by atoms with Crippen molar-refractivity contribution in [2.75, 3.05) is 13.2 Å². The van der Waals surface area contributed by atoms with Crippen molar-refractivity contribution in [1.82, 2.24) is 0 Å². The first kappa shape index (κ1) is 15.4. The Bertz CT molecular complexity index is 236. The number of nitrogens with two attached hydrogens (primary N) is 1. The number of rotatable bonds is 5. The van der Waals surface area contributed by atoms with Crippen LogP contribution in [0.5, 0.6) is 0 Å². The van der Waals surface area contributed by atoms with Crippen LogP contribution in [0.2, 0.25) is 18.1 Å². The highest BCUT2D eigenvalue weighted by Gasteiger charge is 2.37. The van der Waals surface area contributed by atoms with E-state index in [-0.39, 0.29) is 11.0 Å². The van der Waals surface area contributed by atoms with E-state index in [1.165, 1.54) is 0 Å². The zero-order valence-corrected chi connectivity index (χ0v) is 12.3. The molecule has 96 valence electrons. The molecule has 0 aliphatic carbocycles. The first-order valence-corrected chi connectivity index (χ1v) is 8.53. The van der Waals surface area contributed by atoms with Gasteiger partial charge in [-0.1, -0.05) is 27.7 Å². The van der Waals surface area contributed by atoms with E-state index in [1.54, 1.807) is 0 Å². The van der Waals surface area contributed by atoms with Crippen LogP contribution >= 0.6 is 0 Å². The molecule has 16 heavy (non-hydrogen) atoms. The lowest BCUT2D eigenvalue weighted by molar-refractivity contribution is 0.119. The maximum absolute atomic E-state index is 10.4. The van der Waals surface area contributed by atoms with Crippen LogP contribution < -0.4 is 5.73 Å². The van der Waals surface area contributed by atoms with Gasteiger partial charge in [0.1, 0.15) is 0 Å². The van der Waals surface area contributed by atoms with E-state index in [0.29, 0.717) is 13.2 Å². The van der Waals surface area contributed by atoms with Gasteiger partial charge in [0.15, 0.2) is 8.32 Å². The van der Waals surface area contributed by atoms with E-state index < -0.39 is 14.4 Å². The summed E-state index contributed by atoms with van der Waals surface area (Å²) in [5, 5.41) is 0.206. The second kappa shape index (κ2) is 5.68. The van der Waals surface area contributed by atoms with Crippen molar-refractivity contribution in [3.05, 3.63) is 0 Å². The van der Waals surface area contributed by atoms with Gasteiger partial charge in [0.25, 0.3) is 0 Å². The van der Waals surface area contributed by atoms with Crippen LogP contribution in [-0.2, 0) is 9.16 Å². The molecule has 0 aliphatic rings. The van der Waals surface area contributed by atoms with Crippen molar-refractivity contribution in [2.45, 2.75) is 45.8 Å². The van der Waals surface area contributed by atoms with E-state index in [2.05, 4.69) is 33.9 Å². The Morgan fingerprint density at radius 1 is 1.31 bits per heavy atom. The summed E-state index contributed by atoms with van der Waals surface area (Å²) >= 11 is 0. The Balaban J connectivity index is 4.00. The lowest BCUT2D eigenvalue weighted by atomic mass is 10.2. The van der Waals surface area contributed by atoms with Gasteiger partial charge in [-0.15, -0.1) is 0 Å². The minimum Gasteiger partial charge on any atom is -0.449 e. The van der Waals surface area contributed by atoms with Crippen LogP contribution in [0.3, 0.4) is 0 Å². The van der Waals surface area contributed by atoms with Crippen LogP contribution in [0, 0.1) is 5.92 Å². The molecular weight excluding hydrogens is 222 g/mol. The number of hydrogen-bond donors (Lipinski definition) is 1. The van der Waals surface area contributed by atoms with Crippen molar-refractivity contribution < 1.29 is 14.0 Å². The quantitative estimate of drug-likeness (QED) is 0.760. The zero-order chi connectivity index (χ0) is 13.0. The summed E-state index contributed by atoms with van der Waals surface area (Å²) in [7, 11) is -1.70. The van der Waals surface area contributed by atoms with Crippen molar-refractivity contribution >= 4 is 14.4 Å². The van der Waals surface area contributed by atoms with E-state index in [0.717, 1.165) is 0 Å². The lowest BCUT2D eigenvalue weighted by Crippen LogP contribution is -2.42. The van der Waals surface area contributed by atoms with Gasteiger partial charge in [-0.05, 0) is 18.1 Å². The first-order chi connectivity index (χ1) is 7.06. The summed E-state index contributed by atoms with van der Waals surface area (Å²) in [5.74, 6) is 0.182. The highest BCUT2D eigenvalue weighted by Crippen LogP contribution is 2.36. The molecule has 0 heterocycles. The minimum atomic E-state index is -1.70. The molecule has 4 nitrogen and oxygen atoms in total. The Labute approximate surface area is 99.6 Å². The van der Waals surface area contributed by atoms with E-state index >= 15 is 0 Å². The predicted molar refractivity (Wildman–Crippen MR) is 67.8 cm³/mol. The molecule has 0 aliphatic heterocycles. The SMILES string of the molecule is C[C@H](COC(N)=O)CO[Si](C)(C)C(C)(C)C. The topological polar surface area (TPSA) is 61.5 Å². The molecule has 0 rings (SSSR count). The minimum absolute atomic E-state index is 0.182. The standard InChI is InChI=1S/C11H25NO3Si/c1-9(7-14-10(12)13)8-15-16(5,6)11(2,3)4/h9H,7-8H2,1-6H3,(H2,12,13)/t9-/m1/s1. The smallest absolute Gasteiger partial charge is 0.404 e. The molecule has 0 fully saturated rings. The molecule has 0 radical (unpaired) electrons. The van der Waals surface area contributed by atoms with Crippen LogP contribution in [-0.4, -0.2) is 27.6 Å². The summed E-state index contributed by atoms with van der Waals surface area (Å²) in [6.07, 6.45) is -0.723. The Hall–Kier alpha value is -0.553. The fraction of sp³-hybridized carbons (Fsp3) is 0.909. The Morgan fingerprint density at radius 3 is 2.19 bits per heavy atom. The Kier molecular flexibility index (Phi) is 5.48. The third-order valence-corrected chi connectivity index (χ3v) is 7.55. The van der Waals surface area contributed by atoms with Gasteiger partial charge in [0.2, 0.25) is 0 Å². The van der Waals surface area contributed by atoms with Gasteiger partial charge in [0, 0.05) is 12.5 Å². The second-order valence-electron chi connectivity index (χ2n) is 5.81. The molecule has 0 saturated carbocycles. The Morgan fingerprint density at radius 2 is 1.81 bits per heavy atom. The third-order valence-electron chi connectivity index (χ3n) is 3.04. The average molecular weight is 247 g/mol. The molecule has 0 spiro atoms. The third kappa shape index (κ3) is 5.51. The molecule has 0 unspecified atom stereocenters. The van der Waals surface area contributed by atoms with E-state index in [4.69, 9.17) is 14.9 Å². The van der Waals surface area contributed by atoms with Crippen molar-refractivity contribution in [2.24, 2.45) is 11.7 Å². The number of hydrogen-bond acceptors (Lipinski definition) is 3. The molecule has 1 atom stereocenters. The van der Waals surface area contributed by atoms with Crippen LogP contribution in [0.15, 0.2) is 0 Å². The maximum Gasteiger partial charge on any atom is 0.404 e. The molecule has 1 amide bonds. The summed E-state index contributed by atoms with van der Waals surface area (Å²) < 4.78 is 10.7. The van der Waals surface area contributed by atoms with E-state index in [9.17, 15) is 4.79 Å². The van der Waals surface area contributed by atoms with Gasteiger partial charge in [-0.3, -0.25) is 0 Å². The summed E-state index contributed by atoms with van der Waals surface area (Å²) in [4.78, 5) is 10.4. The van der Waals surface area contributed by atoms with Crippen molar-refractivity contribution in [3.8, 4) is 0 Å². The second-order valence-corrected chi connectivity index (χ2v) is 10.6. The molecule has 2 N–H and O–H groups in total. The highest BCUT2D eigenvalue weighted by molar-refractivity contribution is 6.74. The zero-order valence-electron chi connectivity index (χ0n) is 11.3. The first-order valence-electron chi connectivity index (χ1n) is 5.62. The molecule has 5 heteroatoms. The number of ether oxygens (including phenoxy) is 1. The van der Waals surface area contributed by atoms with Gasteiger partial charge in [0.05, 0.1) is 6.61 Å². The van der Waals surface area contributed by atoms with Crippen LogP contribution in [0.1, 0.15) is 27.7 Å². The summed E-state index contributed by atoms with van der Waals surface area (Å²) in [6, 6.07) is 0. The van der Waals surface area contributed by atoms with E-state index in [1.807, 2.05) is 6.92 Å². The number of carbonyl (C=O) groups is 1. The summed E-state index contributed by atoms with van der Waals surface area (Å²) in [6.45, 7) is 13.9. The molecule has 0 bridgehead atoms. The van der Waals surface area contributed by atoms with Gasteiger partial charge < -0.3 is 14.9 Å². The maximum atomic E-state index is 10.4.